The van der Waals surface area contributed by atoms with Gasteiger partial charge in [-0.1, -0.05) is 37.1 Å². The molecule has 1 saturated carbocycles. The van der Waals surface area contributed by atoms with Crippen LogP contribution in [0.5, 0.6) is 0 Å². The number of halogens is 2. The fourth-order valence-corrected chi connectivity index (χ4v) is 2.74. The summed E-state index contributed by atoms with van der Waals surface area (Å²) in [6, 6.07) is 5.35. The topological polar surface area (TPSA) is 12.0 Å². The molecule has 1 aliphatic rings. The molecule has 0 amide bonds. The smallest absolute Gasteiger partial charge is 0.145 e. The molecule has 1 aromatic carbocycles. The summed E-state index contributed by atoms with van der Waals surface area (Å²) >= 11 is 5.87. The van der Waals surface area contributed by atoms with E-state index in [9.17, 15) is 4.39 Å². The van der Waals surface area contributed by atoms with Crippen LogP contribution in [-0.4, -0.2) is 13.1 Å². The Labute approximate surface area is 107 Å². The normalized spacial score (nSPS) is 17.8. The Hall–Kier alpha value is -0.600. The molecule has 0 saturated heterocycles. The van der Waals surface area contributed by atoms with E-state index < -0.39 is 0 Å². The summed E-state index contributed by atoms with van der Waals surface area (Å²) in [7, 11) is 0. The van der Waals surface area contributed by atoms with Crippen LogP contribution in [0.1, 0.15) is 38.2 Å². The molecule has 3 heteroatoms. The zero-order valence-corrected chi connectivity index (χ0v) is 11.0. The van der Waals surface area contributed by atoms with Crippen molar-refractivity contribution in [2.75, 3.05) is 13.1 Å². The van der Waals surface area contributed by atoms with Gasteiger partial charge in [-0.3, -0.25) is 0 Å². The summed E-state index contributed by atoms with van der Waals surface area (Å²) in [5.74, 6) is -0.229. The van der Waals surface area contributed by atoms with Crippen molar-refractivity contribution in [1.82, 2.24) is 5.32 Å². The van der Waals surface area contributed by atoms with E-state index in [4.69, 9.17) is 11.6 Å². The SMILES string of the molecule is CCCNCC1(c2cccc(Cl)c2F)CCC1. The summed E-state index contributed by atoms with van der Waals surface area (Å²) in [6.07, 6.45) is 4.40. The van der Waals surface area contributed by atoms with Gasteiger partial charge in [-0.15, -0.1) is 0 Å². The molecule has 1 fully saturated rings. The number of hydrogen-bond acceptors (Lipinski definition) is 1. The molecule has 1 aromatic rings. The lowest BCUT2D eigenvalue weighted by Crippen LogP contribution is -2.44. The molecule has 0 radical (unpaired) electrons. The zero-order chi connectivity index (χ0) is 12.3. The Morgan fingerprint density at radius 1 is 1.41 bits per heavy atom. The number of benzene rings is 1. The largest absolute Gasteiger partial charge is 0.316 e. The van der Waals surface area contributed by atoms with Crippen molar-refractivity contribution in [2.24, 2.45) is 0 Å². The Bertz CT molecular complexity index is 388. The Balaban J connectivity index is 2.19. The Morgan fingerprint density at radius 3 is 2.76 bits per heavy atom. The maximum absolute atomic E-state index is 14.1. The van der Waals surface area contributed by atoms with Gasteiger partial charge in [0.15, 0.2) is 0 Å². The van der Waals surface area contributed by atoms with Crippen LogP contribution >= 0.6 is 11.6 Å². The molecule has 0 heterocycles. The van der Waals surface area contributed by atoms with E-state index in [1.165, 1.54) is 6.42 Å². The van der Waals surface area contributed by atoms with Gasteiger partial charge in [0.05, 0.1) is 5.02 Å². The molecule has 94 valence electrons. The van der Waals surface area contributed by atoms with Crippen molar-refractivity contribution in [2.45, 2.75) is 38.0 Å². The van der Waals surface area contributed by atoms with E-state index in [0.717, 1.165) is 37.9 Å². The minimum atomic E-state index is -0.229. The monoisotopic (exact) mass is 255 g/mol. The van der Waals surface area contributed by atoms with E-state index in [1.54, 1.807) is 6.07 Å². The molecule has 17 heavy (non-hydrogen) atoms. The van der Waals surface area contributed by atoms with E-state index in [-0.39, 0.29) is 16.3 Å². The first-order valence-corrected chi connectivity index (χ1v) is 6.72. The second-order valence-corrected chi connectivity index (χ2v) is 5.32. The van der Waals surface area contributed by atoms with Gasteiger partial charge in [-0.05, 0) is 37.4 Å². The quantitative estimate of drug-likeness (QED) is 0.787. The lowest BCUT2D eigenvalue weighted by atomic mass is 9.64. The Kier molecular flexibility index (Phi) is 4.05. The molecule has 1 aliphatic carbocycles. The average molecular weight is 256 g/mol. The second-order valence-electron chi connectivity index (χ2n) is 4.91. The first kappa shape index (κ1) is 12.8. The predicted octanol–water partition coefficient (Wildman–Crippen LogP) is 3.90. The molecule has 0 unspecified atom stereocenters. The number of rotatable bonds is 5. The van der Waals surface area contributed by atoms with Crippen molar-refractivity contribution in [1.29, 1.82) is 0 Å². The maximum atomic E-state index is 14.1. The molecular formula is C14H19ClFN. The molecular weight excluding hydrogens is 237 g/mol. The third kappa shape index (κ3) is 2.48. The van der Waals surface area contributed by atoms with Crippen molar-refractivity contribution < 1.29 is 4.39 Å². The van der Waals surface area contributed by atoms with Gasteiger partial charge in [0.25, 0.3) is 0 Å². The molecule has 1 N–H and O–H groups in total. The maximum Gasteiger partial charge on any atom is 0.145 e. The third-order valence-electron chi connectivity index (χ3n) is 3.72. The van der Waals surface area contributed by atoms with Crippen LogP contribution in [0.3, 0.4) is 0 Å². The molecule has 0 aliphatic heterocycles. The van der Waals surface area contributed by atoms with E-state index in [1.807, 2.05) is 12.1 Å². The highest BCUT2D eigenvalue weighted by Crippen LogP contribution is 2.45. The summed E-state index contributed by atoms with van der Waals surface area (Å²) in [5, 5.41) is 3.65. The van der Waals surface area contributed by atoms with Gasteiger partial charge in [-0.25, -0.2) is 4.39 Å². The van der Waals surface area contributed by atoms with E-state index in [0.29, 0.717) is 0 Å². The van der Waals surface area contributed by atoms with Crippen LogP contribution in [0, 0.1) is 5.82 Å². The summed E-state index contributed by atoms with van der Waals surface area (Å²) in [4.78, 5) is 0. The van der Waals surface area contributed by atoms with Crippen LogP contribution in [0.2, 0.25) is 5.02 Å². The lowest BCUT2D eigenvalue weighted by molar-refractivity contribution is 0.227. The minimum absolute atomic E-state index is 0.0237. The highest BCUT2D eigenvalue weighted by Gasteiger charge is 2.40. The number of nitrogens with one attached hydrogen (secondary N) is 1. The van der Waals surface area contributed by atoms with Crippen LogP contribution < -0.4 is 5.32 Å². The molecule has 1 nitrogen and oxygen atoms in total. The molecule has 0 bridgehead atoms. The first-order valence-electron chi connectivity index (χ1n) is 6.35. The van der Waals surface area contributed by atoms with Crippen molar-refractivity contribution in [3.63, 3.8) is 0 Å². The van der Waals surface area contributed by atoms with E-state index >= 15 is 0 Å². The molecule has 2 rings (SSSR count). The van der Waals surface area contributed by atoms with Gasteiger partial charge in [-0.2, -0.15) is 0 Å². The first-order chi connectivity index (χ1) is 8.19. The Morgan fingerprint density at radius 2 is 2.18 bits per heavy atom. The van der Waals surface area contributed by atoms with Crippen LogP contribution in [0.15, 0.2) is 18.2 Å². The van der Waals surface area contributed by atoms with Gasteiger partial charge in [0, 0.05) is 12.0 Å². The van der Waals surface area contributed by atoms with Crippen molar-refractivity contribution >= 4 is 11.6 Å². The summed E-state index contributed by atoms with van der Waals surface area (Å²) in [5.41, 5.74) is 0.768. The highest BCUT2D eigenvalue weighted by atomic mass is 35.5. The second kappa shape index (κ2) is 5.36. The lowest BCUT2D eigenvalue weighted by Gasteiger charge is -2.43. The molecule has 0 aromatic heterocycles. The third-order valence-corrected chi connectivity index (χ3v) is 4.02. The van der Waals surface area contributed by atoms with Gasteiger partial charge in [0.2, 0.25) is 0 Å². The standard InChI is InChI=1S/C14H19ClFN/c1-2-9-17-10-14(7-4-8-14)11-5-3-6-12(15)13(11)16/h3,5-6,17H,2,4,7-10H2,1H3. The van der Waals surface area contributed by atoms with Gasteiger partial charge < -0.3 is 5.32 Å². The molecule has 0 spiro atoms. The highest BCUT2D eigenvalue weighted by molar-refractivity contribution is 6.30. The average Bonchev–Trinajstić information content (AvgIpc) is 2.27. The fourth-order valence-electron chi connectivity index (χ4n) is 2.56. The van der Waals surface area contributed by atoms with Gasteiger partial charge >= 0.3 is 0 Å². The summed E-state index contributed by atoms with van der Waals surface area (Å²) in [6.45, 7) is 3.99. The number of hydrogen-bond donors (Lipinski definition) is 1. The van der Waals surface area contributed by atoms with Gasteiger partial charge in [0.1, 0.15) is 5.82 Å². The summed E-state index contributed by atoms with van der Waals surface area (Å²) < 4.78 is 14.1. The fraction of sp³-hybridized carbons (Fsp3) is 0.571. The van der Waals surface area contributed by atoms with Crippen LogP contribution in [-0.2, 0) is 5.41 Å². The van der Waals surface area contributed by atoms with Crippen molar-refractivity contribution in [3.05, 3.63) is 34.6 Å². The predicted molar refractivity (Wildman–Crippen MR) is 70.1 cm³/mol. The van der Waals surface area contributed by atoms with Crippen LogP contribution in [0.25, 0.3) is 0 Å². The zero-order valence-electron chi connectivity index (χ0n) is 10.2. The van der Waals surface area contributed by atoms with E-state index in [2.05, 4.69) is 12.2 Å². The van der Waals surface area contributed by atoms with Crippen LogP contribution in [0.4, 0.5) is 4.39 Å². The minimum Gasteiger partial charge on any atom is -0.316 e. The molecule has 0 atom stereocenters. The van der Waals surface area contributed by atoms with Crippen molar-refractivity contribution in [3.8, 4) is 0 Å².